The van der Waals surface area contributed by atoms with E-state index in [1.54, 1.807) is 0 Å². The average Bonchev–Trinajstić information content (AvgIpc) is 3.37. The number of terminal acetylenes is 1. The number of halogens is 2. The van der Waals surface area contributed by atoms with Crippen molar-refractivity contribution in [1.82, 2.24) is 0 Å². The summed E-state index contributed by atoms with van der Waals surface area (Å²) >= 11 is 0. The Bertz CT molecular complexity index is 1170. The Morgan fingerprint density at radius 1 is 1.06 bits per heavy atom. The van der Waals surface area contributed by atoms with Crippen LogP contribution in [0.1, 0.15) is 75.3 Å². The minimum absolute atomic E-state index is 0.00775. The fourth-order valence-electron chi connectivity index (χ4n) is 8.21. The Balaban J connectivity index is 1.52. The van der Waals surface area contributed by atoms with Crippen molar-refractivity contribution in [2.24, 2.45) is 17.3 Å². The second-order valence-corrected chi connectivity index (χ2v) is 11.6. The van der Waals surface area contributed by atoms with E-state index in [9.17, 15) is 19.0 Å². The van der Waals surface area contributed by atoms with Gasteiger partial charge in [-0.3, -0.25) is 0 Å². The highest BCUT2D eigenvalue weighted by Crippen LogP contribution is 2.67. The molecule has 0 unspecified atom stereocenters. The van der Waals surface area contributed by atoms with Gasteiger partial charge in [0.1, 0.15) is 29.8 Å². The van der Waals surface area contributed by atoms with Crippen molar-refractivity contribution in [2.75, 3.05) is 0 Å². The Kier molecular flexibility index (Phi) is 4.83. The number of rotatable bonds is 1. The maximum atomic E-state index is 14.8. The summed E-state index contributed by atoms with van der Waals surface area (Å²) < 4.78 is 41.1. The van der Waals surface area contributed by atoms with Gasteiger partial charge < -0.3 is 19.7 Å². The maximum absolute atomic E-state index is 14.8. The molecule has 6 atom stereocenters. The molecule has 1 aromatic carbocycles. The summed E-state index contributed by atoms with van der Waals surface area (Å²) in [5.41, 5.74) is -0.379. The molecule has 0 radical (unpaired) electrons. The second kappa shape index (κ2) is 7.33. The quantitative estimate of drug-likeness (QED) is 0.417. The largest absolute Gasteiger partial charge is 0.457 e. The highest BCUT2D eigenvalue weighted by molar-refractivity contribution is 5.45. The molecular formula is C29H32F2O4. The standard InChI is InChI=1S/C29H32F2O4/c1-4-28(33)9-6-21-19-5-8-27(32)16-29(34-11-12-35-29)10-7-22(27)25(19)20(15-26(21,28)3)18-13-23(30)17(2)24(31)14-18/h1,11-14,19-21,32-33H,5-10,15-16H2,2-3H3/t19-,20+,21-,26-,27+,28-/m0/s1. The van der Waals surface area contributed by atoms with Gasteiger partial charge in [0.05, 0.1) is 12.0 Å². The second-order valence-electron chi connectivity index (χ2n) is 11.6. The molecule has 4 aliphatic carbocycles. The molecule has 186 valence electrons. The third kappa shape index (κ3) is 3.04. The van der Waals surface area contributed by atoms with Crippen LogP contribution in [-0.2, 0) is 9.47 Å². The molecule has 6 heteroatoms. The molecule has 3 saturated carbocycles. The molecule has 0 aromatic heterocycles. The summed E-state index contributed by atoms with van der Waals surface area (Å²) in [6.45, 7) is 3.48. The highest BCUT2D eigenvalue weighted by atomic mass is 19.1. The molecule has 5 aliphatic rings. The van der Waals surface area contributed by atoms with Crippen LogP contribution in [0.25, 0.3) is 0 Å². The Hall–Kier alpha value is -2.36. The Morgan fingerprint density at radius 2 is 1.74 bits per heavy atom. The van der Waals surface area contributed by atoms with E-state index in [0.29, 0.717) is 50.5 Å². The van der Waals surface area contributed by atoms with E-state index >= 15 is 0 Å². The fraction of sp³-hybridized carbons (Fsp3) is 0.586. The summed E-state index contributed by atoms with van der Waals surface area (Å²) in [6, 6.07) is 2.85. The minimum Gasteiger partial charge on any atom is -0.457 e. The number of fused-ring (bicyclic) bond motifs is 4. The number of aliphatic hydroxyl groups is 2. The zero-order chi connectivity index (χ0) is 24.8. The molecule has 6 rings (SSSR count). The average molecular weight is 483 g/mol. The number of ether oxygens (including phenoxy) is 2. The van der Waals surface area contributed by atoms with Crippen molar-refractivity contribution in [3.8, 4) is 12.3 Å². The number of hydrogen-bond donors (Lipinski definition) is 2. The first-order valence-electron chi connectivity index (χ1n) is 12.7. The number of benzene rings is 1. The molecule has 1 heterocycles. The lowest BCUT2D eigenvalue weighted by Gasteiger charge is -2.56. The van der Waals surface area contributed by atoms with E-state index in [2.05, 4.69) is 5.92 Å². The number of hydrogen-bond acceptors (Lipinski definition) is 4. The van der Waals surface area contributed by atoms with Crippen molar-refractivity contribution >= 4 is 0 Å². The van der Waals surface area contributed by atoms with E-state index in [-0.39, 0.29) is 23.3 Å². The van der Waals surface area contributed by atoms with Crippen molar-refractivity contribution in [1.29, 1.82) is 0 Å². The SMILES string of the molecule is C#C[C@]1(O)CC[C@H]2[C@@H]3CC[C@@]4(O)CC5(CCC4=C3[C@@H](c3cc(F)c(C)c(F)c3)C[C@@]21C)OC=CO5. The van der Waals surface area contributed by atoms with Gasteiger partial charge in [0.25, 0.3) is 5.79 Å². The van der Waals surface area contributed by atoms with Crippen LogP contribution in [0, 0.1) is 48.2 Å². The smallest absolute Gasteiger partial charge is 0.253 e. The van der Waals surface area contributed by atoms with E-state index < -0.39 is 34.0 Å². The normalized spacial score (nSPS) is 41.0. The van der Waals surface area contributed by atoms with Crippen LogP contribution in [0.2, 0.25) is 0 Å². The summed E-state index contributed by atoms with van der Waals surface area (Å²) in [6.07, 6.45) is 13.5. The van der Waals surface area contributed by atoms with Crippen molar-refractivity contribution < 1.29 is 28.5 Å². The topological polar surface area (TPSA) is 58.9 Å². The van der Waals surface area contributed by atoms with Gasteiger partial charge in [-0.05, 0) is 80.6 Å². The summed E-state index contributed by atoms with van der Waals surface area (Å²) in [4.78, 5) is 0. The van der Waals surface area contributed by atoms with Gasteiger partial charge in [0.15, 0.2) is 0 Å². The third-order valence-corrected chi connectivity index (χ3v) is 10.1. The molecule has 1 aromatic rings. The van der Waals surface area contributed by atoms with Crippen LogP contribution >= 0.6 is 0 Å². The monoisotopic (exact) mass is 482 g/mol. The molecule has 0 bridgehead atoms. The predicted molar refractivity (Wildman–Crippen MR) is 126 cm³/mol. The van der Waals surface area contributed by atoms with Crippen LogP contribution in [0.15, 0.2) is 35.8 Å². The van der Waals surface area contributed by atoms with Crippen LogP contribution in [0.3, 0.4) is 0 Å². The van der Waals surface area contributed by atoms with Gasteiger partial charge in [-0.1, -0.05) is 18.4 Å². The lowest BCUT2D eigenvalue weighted by atomic mass is 9.49. The lowest BCUT2D eigenvalue weighted by Crippen LogP contribution is -2.55. The zero-order valence-electron chi connectivity index (χ0n) is 20.2. The van der Waals surface area contributed by atoms with Crippen LogP contribution < -0.4 is 0 Å². The van der Waals surface area contributed by atoms with Crippen LogP contribution in [-0.4, -0.2) is 27.2 Å². The maximum Gasteiger partial charge on any atom is 0.253 e. The molecule has 0 saturated heterocycles. The lowest BCUT2D eigenvalue weighted by molar-refractivity contribution is -0.197. The predicted octanol–water partition coefficient (Wildman–Crippen LogP) is 5.38. The summed E-state index contributed by atoms with van der Waals surface area (Å²) in [5, 5.41) is 23.4. The summed E-state index contributed by atoms with van der Waals surface area (Å²) in [7, 11) is 0. The van der Waals surface area contributed by atoms with Gasteiger partial charge >= 0.3 is 0 Å². The molecule has 4 nitrogen and oxygen atoms in total. The van der Waals surface area contributed by atoms with Crippen molar-refractivity contribution in [3.63, 3.8) is 0 Å². The minimum atomic E-state index is -1.27. The Labute approximate surface area is 205 Å². The van der Waals surface area contributed by atoms with Crippen molar-refractivity contribution in [3.05, 3.63) is 58.6 Å². The zero-order valence-corrected chi connectivity index (χ0v) is 20.2. The van der Waals surface area contributed by atoms with E-state index in [1.165, 1.54) is 31.6 Å². The van der Waals surface area contributed by atoms with Crippen LogP contribution in [0.5, 0.6) is 0 Å². The van der Waals surface area contributed by atoms with E-state index in [4.69, 9.17) is 15.9 Å². The van der Waals surface area contributed by atoms with E-state index in [1.807, 2.05) is 6.92 Å². The highest BCUT2D eigenvalue weighted by Gasteiger charge is 2.64. The molecule has 0 amide bonds. The molecular weight excluding hydrogens is 450 g/mol. The first-order chi connectivity index (χ1) is 16.5. The molecule has 35 heavy (non-hydrogen) atoms. The van der Waals surface area contributed by atoms with Gasteiger partial charge in [0, 0.05) is 23.3 Å². The fourth-order valence-corrected chi connectivity index (χ4v) is 8.21. The molecule has 3 fully saturated rings. The van der Waals surface area contributed by atoms with Gasteiger partial charge in [-0.25, -0.2) is 8.78 Å². The van der Waals surface area contributed by atoms with Gasteiger partial charge in [-0.2, -0.15) is 0 Å². The number of allylic oxidation sites excluding steroid dienone is 1. The van der Waals surface area contributed by atoms with Gasteiger partial charge in [-0.15, -0.1) is 6.42 Å². The summed E-state index contributed by atoms with van der Waals surface area (Å²) in [5.74, 6) is 0.537. The third-order valence-electron chi connectivity index (χ3n) is 10.1. The Morgan fingerprint density at radius 3 is 2.40 bits per heavy atom. The van der Waals surface area contributed by atoms with Gasteiger partial charge in [0.2, 0.25) is 0 Å². The molecule has 1 spiro atoms. The first kappa shape index (κ1) is 23.1. The molecule has 1 aliphatic heterocycles. The van der Waals surface area contributed by atoms with E-state index in [0.717, 1.165) is 17.6 Å². The van der Waals surface area contributed by atoms with Crippen molar-refractivity contribution in [2.45, 2.75) is 88.1 Å². The van der Waals surface area contributed by atoms with Crippen LogP contribution in [0.4, 0.5) is 8.78 Å². The first-order valence-corrected chi connectivity index (χ1v) is 12.7. The molecule has 2 N–H and O–H groups in total.